The maximum Gasteiger partial charge on any atom is 0.320 e. The zero-order chi connectivity index (χ0) is 13.4. The Balaban J connectivity index is 2.51. The smallest absolute Gasteiger partial charge is 0.320 e. The summed E-state index contributed by atoms with van der Waals surface area (Å²) in [5.41, 5.74) is 0. The molecule has 0 aliphatic carbocycles. The summed E-state index contributed by atoms with van der Waals surface area (Å²) in [5.74, 6) is -0.143. The van der Waals surface area contributed by atoms with Gasteiger partial charge in [-0.05, 0) is 23.3 Å². The lowest BCUT2D eigenvalue weighted by atomic mass is 10.2. The van der Waals surface area contributed by atoms with Crippen LogP contribution in [-0.4, -0.2) is 37.3 Å². The van der Waals surface area contributed by atoms with Gasteiger partial charge in [0, 0.05) is 6.54 Å². The lowest BCUT2D eigenvalue weighted by molar-refractivity contribution is -0.139. The van der Waals surface area contributed by atoms with Crippen LogP contribution in [0.1, 0.15) is 45.4 Å². The Labute approximate surface area is 107 Å². The highest BCUT2D eigenvalue weighted by molar-refractivity contribution is 5.73. The monoisotopic (exact) mass is 255 g/mol. The van der Waals surface area contributed by atoms with E-state index in [4.69, 9.17) is 5.11 Å². The first-order chi connectivity index (χ1) is 8.69. The molecule has 0 saturated heterocycles. The Kier molecular flexibility index (Phi) is 6.27. The zero-order valence-corrected chi connectivity index (χ0v) is 11.0. The first-order valence-corrected chi connectivity index (χ1v) is 6.40. The molecule has 1 heterocycles. The third-order valence-corrected chi connectivity index (χ3v) is 2.71. The van der Waals surface area contributed by atoms with Crippen molar-refractivity contribution in [2.45, 2.75) is 58.7 Å². The molecule has 1 unspecified atom stereocenters. The van der Waals surface area contributed by atoms with Crippen molar-refractivity contribution < 1.29 is 9.90 Å². The van der Waals surface area contributed by atoms with Crippen LogP contribution in [0.4, 0.5) is 0 Å². The number of carbonyl (C=O) groups is 1. The Morgan fingerprint density at radius 3 is 2.83 bits per heavy atom. The molecule has 1 atom stereocenters. The van der Waals surface area contributed by atoms with Crippen LogP contribution in [0.15, 0.2) is 0 Å². The van der Waals surface area contributed by atoms with E-state index in [1.54, 1.807) is 4.68 Å². The number of nitrogens with zero attached hydrogens (tertiary/aromatic N) is 4. The number of carboxylic acids is 1. The van der Waals surface area contributed by atoms with Crippen molar-refractivity contribution in [2.24, 2.45) is 0 Å². The predicted molar refractivity (Wildman–Crippen MR) is 65.9 cm³/mol. The molecule has 1 aromatic rings. The van der Waals surface area contributed by atoms with Crippen molar-refractivity contribution in [3.05, 3.63) is 5.82 Å². The largest absolute Gasteiger partial charge is 0.480 e. The summed E-state index contributed by atoms with van der Waals surface area (Å²) in [7, 11) is 0. The minimum absolute atomic E-state index is 0.383. The lowest BCUT2D eigenvalue weighted by Crippen LogP contribution is -2.36. The summed E-state index contributed by atoms with van der Waals surface area (Å²) in [6, 6.07) is -0.536. The van der Waals surface area contributed by atoms with Gasteiger partial charge in [0.15, 0.2) is 5.82 Å². The standard InChI is InChI=1S/C11H21N5O2/c1-3-5-7-16-10(13-14-15-16)8-12-9(6-4-2)11(17)18/h9,12H,3-8H2,1-2H3,(H,17,18). The summed E-state index contributed by atoms with van der Waals surface area (Å²) in [4.78, 5) is 11.0. The second-order valence-corrected chi connectivity index (χ2v) is 4.23. The van der Waals surface area contributed by atoms with Gasteiger partial charge in [-0.15, -0.1) is 5.10 Å². The molecule has 0 aliphatic rings. The van der Waals surface area contributed by atoms with Crippen molar-refractivity contribution in [1.29, 1.82) is 0 Å². The summed E-state index contributed by atoms with van der Waals surface area (Å²) < 4.78 is 1.72. The summed E-state index contributed by atoms with van der Waals surface area (Å²) in [6.07, 6.45) is 3.51. The van der Waals surface area contributed by atoms with E-state index in [-0.39, 0.29) is 0 Å². The number of aromatic nitrogens is 4. The Morgan fingerprint density at radius 1 is 1.44 bits per heavy atom. The molecule has 7 nitrogen and oxygen atoms in total. The third-order valence-electron chi connectivity index (χ3n) is 2.71. The van der Waals surface area contributed by atoms with Crippen LogP contribution in [-0.2, 0) is 17.9 Å². The fourth-order valence-electron chi connectivity index (χ4n) is 1.65. The summed E-state index contributed by atoms with van der Waals surface area (Å²) >= 11 is 0. The van der Waals surface area contributed by atoms with E-state index >= 15 is 0 Å². The number of rotatable bonds is 9. The minimum Gasteiger partial charge on any atom is -0.480 e. The molecule has 0 bridgehead atoms. The van der Waals surface area contributed by atoms with Gasteiger partial charge >= 0.3 is 5.97 Å². The molecule has 7 heteroatoms. The fourth-order valence-corrected chi connectivity index (χ4v) is 1.65. The van der Waals surface area contributed by atoms with Gasteiger partial charge in [-0.3, -0.25) is 10.1 Å². The number of aliphatic carboxylic acids is 1. The van der Waals surface area contributed by atoms with E-state index in [0.29, 0.717) is 18.8 Å². The van der Waals surface area contributed by atoms with Crippen LogP contribution in [0.3, 0.4) is 0 Å². The van der Waals surface area contributed by atoms with Gasteiger partial charge in [-0.2, -0.15) is 0 Å². The number of hydrogen-bond donors (Lipinski definition) is 2. The van der Waals surface area contributed by atoms with Gasteiger partial charge in [-0.25, -0.2) is 4.68 Å². The van der Waals surface area contributed by atoms with Crippen LogP contribution in [0.25, 0.3) is 0 Å². The number of hydrogen-bond acceptors (Lipinski definition) is 5. The molecule has 102 valence electrons. The van der Waals surface area contributed by atoms with Crippen LogP contribution in [0.2, 0.25) is 0 Å². The van der Waals surface area contributed by atoms with Crippen molar-refractivity contribution in [2.75, 3.05) is 0 Å². The summed E-state index contributed by atoms with van der Waals surface area (Å²) in [5, 5.41) is 23.4. The Morgan fingerprint density at radius 2 is 2.22 bits per heavy atom. The number of carboxylic acid groups (broad SMARTS) is 1. The molecule has 1 aromatic heterocycles. The number of nitrogens with one attached hydrogen (secondary N) is 1. The maximum atomic E-state index is 11.0. The molecule has 0 aromatic carbocycles. The highest BCUT2D eigenvalue weighted by Gasteiger charge is 2.16. The lowest BCUT2D eigenvalue weighted by Gasteiger charge is -2.12. The molecule has 0 amide bonds. The molecule has 0 radical (unpaired) electrons. The second-order valence-electron chi connectivity index (χ2n) is 4.23. The van der Waals surface area contributed by atoms with Gasteiger partial charge in [0.25, 0.3) is 0 Å². The first kappa shape index (κ1) is 14.6. The van der Waals surface area contributed by atoms with Crippen molar-refractivity contribution in [3.63, 3.8) is 0 Å². The predicted octanol–water partition coefficient (Wildman–Crippen LogP) is 0.816. The van der Waals surface area contributed by atoms with Gasteiger partial charge in [0.05, 0.1) is 6.54 Å². The SMILES string of the molecule is CCCCn1nnnc1CNC(CCC)C(=O)O. The first-order valence-electron chi connectivity index (χ1n) is 6.40. The average molecular weight is 255 g/mol. The zero-order valence-electron chi connectivity index (χ0n) is 11.0. The van der Waals surface area contributed by atoms with E-state index in [9.17, 15) is 4.79 Å². The number of tetrazole rings is 1. The molecule has 0 saturated carbocycles. The number of aryl methyl sites for hydroxylation is 1. The molecule has 18 heavy (non-hydrogen) atoms. The molecule has 1 rings (SSSR count). The van der Waals surface area contributed by atoms with E-state index in [1.165, 1.54) is 0 Å². The van der Waals surface area contributed by atoms with Crippen LogP contribution in [0, 0.1) is 0 Å². The second kappa shape index (κ2) is 7.75. The van der Waals surface area contributed by atoms with Crippen molar-refractivity contribution in [1.82, 2.24) is 25.5 Å². The highest BCUT2D eigenvalue weighted by Crippen LogP contribution is 2.01. The van der Waals surface area contributed by atoms with E-state index in [2.05, 4.69) is 27.8 Å². The van der Waals surface area contributed by atoms with Crippen molar-refractivity contribution >= 4 is 5.97 Å². The number of unbranched alkanes of at least 4 members (excludes halogenated alkanes) is 1. The van der Waals surface area contributed by atoms with Crippen LogP contribution in [0.5, 0.6) is 0 Å². The molecular formula is C11H21N5O2. The molecule has 0 fully saturated rings. The Hall–Kier alpha value is -1.50. The van der Waals surface area contributed by atoms with Gasteiger partial charge in [-0.1, -0.05) is 26.7 Å². The van der Waals surface area contributed by atoms with Gasteiger partial charge in [0.1, 0.15) is 6.04 Å². The van der Waals surface area contributed by atoms with Gasteiger partial charge < -0.3 is 5.11 Å². The minimum atomic E-state index is -0.829. The molecule has 0 aliphatic heterocycles. The topological polar surface area (TPSA) is 92.9 Å². The van der Waals surface area contributed by atoms with Crippen molar-refractivity contribution in [3.8, 4) is 0 Å². The van der Waals surface area contributed by atoms with Gasteiger partial charge in [0.2, 0.25) is 0 Å². The molecule has 2 N–H and O–H groups in total. The fraction of sp³-hybridized carbons (Fsp3) is 0.818. The normalized spacial score (nSPS) is 12.6. The third kappa shape index (κ3) is 4.40. The van der Waals surface area contributed by atoms with E-state index in [0.717, 1.165) is 25.8 Å². The summed E-state index contributed by atoms with van der Waals surface area (Å²) in [6.45, 7) is 5.21. The average Bonchev–Trinajstić information content (AvgIpc) is 2.79. The molecular weight excluding hydrogens is 234 g/mol. The van der Waals surface area contributed by atoms with E-state index < -0.39 is 12.0 Å². The molecule has 0 spiro atoms. The maximum absolute atomic E-state index is 11.0. The Bertz CT molecular complexity index is 366. The quantitative estimate of drug-likeness (QED) is 0.678. The van der Waals surface area contributed by atoms with Crippen LogP contribution >= 0.6 is 0 Å². The van der Waals surface area contributed by atoms with E-state index in [1.807, 2.05) is 6.92 Å². The highest BCUT2D eigenvalue weighted by atomic mass is 16.4. The van der Waals surface area contributed by atoms with Crippen LogP contribution < -0.4 is 5.32 Å².